The molecular formula is C28H42O6. The Labute approximate surface area is 204 Å². The lowest BCUT2D eigenvalue weighted by Crippen LogP contribution is -2.58. The molecule has 6 atom stereocenters. The van der Waals surface area contributed by atoms with E-state index in [1.54, 1.807) is 21.1 Å². The largest absolute Gasteiger partial charge is 0.451 e. The fraction of sp³-hybridized carbons (Fsp3) is 0.750. The minimum absolute atomic E-state index is 0.0160. The normalized spacial score (nSPS) is 38.3. The highest BCUT2D eigenvalue weighted by molar-refractivity contribution is 5.92. The topological polar surface area (TPSA) is 78.9 Å². The third-order valence-electron chi connectivity index (χ3n) is 9.33. The third kappa shape index (κ3) is 4.32. The molecule has 2 fully saturated rings. The number of methoxy groups -OCH3 is 2. The van der Waals surface area contributed by atoms with Crippen LogP contribution in [0, 0.1) is 28.6 Å². The Hall–Kier alpha value is -1.79. The summed E-state index contributed by atoms with van der Waals surface area (Å²) in [5.74, 6) is 1.03. The average molecular weight is 475 g/mol. The van der Waals surface area contributed by atoms with Gasteiger partial charge < -0.3 is 14.2 Å². The molecule has 6 heteroatoms. The molecule has 0 aromatic rings. The van der Waals surface area contributed by atoms with E-state index in [4.69, 9.17) is 4.74 Å². The Kier molecular flexibility index (Phi) is 7.93. The van der Waals surface area contributed by atoms with E-state index in [1.165, 1.54) is 18.1 Å². The van der Waals surface area contributed by atoms with E-state index in [1.807, 2.05) is 6.08 Å². The summed E-state index contributed by atoms with van der Waals surface area (Å²) in [6.45, 7) is 11.0. The van der Waals surface area contributed by atoms with Crippen molar-refractivity contribution in [3.05, 3.63) is 23.3 Å². The molecule has 0 saturated heterocycles. The maximum absolute atomic E-state index is 12.8. The number of rotatable bonds is 5. The van der Waals surface area contributed by atoms with Crippen molar-refractivity contribution in [3.63, 3.8) is 0 Å². The number of carbonyl (C=O) groups excluding carboxylic acids is 3. The molecule has 4 aliphatic carbocycles. The highest BCUT2D eigenvalue weighted by Crippen LogP contribution is 2.67. The molecule has 0 unspecified atom stereocenters. The lowest BCUT2D eigenvalue weighted by molar-refractivity contribution is -0.185. The highest BCUT2D eigenvalue weighted by Gasteiger charge is 2.67. The van der Waals surface area contributed by atoms with Gasteiger partial charge in [-0.05, 0) is 80.8 Å². The summed E-state index contributed by atoms with van der Waals surface area (Å²) in [4.78, 5) is 36.8. The standard InChI is InChI=1S/C24H32O4.C4H10O2/c1-14-12-18-19(22(4)9-6-17(27)13-21(14)22)7-10-23(5)20(18)8-11-24(23,15(2)25)28-16(3)26;1-5-3-4-6-2/h12-13,18-20H,6-11H2,1-5H3;3-4H2,1-2H3/t18-,19+,20+,22-,23+,24+;/m1./s1. The molecule has 34 heavy (non-hydrogen) atoms. The van der Waals surface area contributed by atoms with Crippen LogP contribution in [0.1, 0.15) is 73.1 Å². The molecule has 0 aromatic carbocycles. The molecule has 6 nitrogen and oxygen atoms in total. The third-order valence-corrected chi connectivity index (χ3v) is 9.33. The number of esters is 1. The van der Waals surface area contributed by atoms with Gasteiger partial charge in [0.05, 0.1) is 13.2 Å². The zero-order valence-corrected chi connectivity index (χ0v) is 22.0. The zero-order valence-electron chi connectivity index (χ0n) is 22.0. The maximum Gasteiger partial charge on any atom is 0.303 e. The molecule has 0 spiro atoms. The number of hydrogen-bond acceptors (Lipinski definition) is 6. The second-order valence-electron chi connectivity index (χ2n) is 11.0. The first-order valence-electron chi connectivity index (χ1n) is 12.6. The first-order chi connectivity index (χ1) is 16.0. The summed E-state index contributed by atoms with van der Waals surface area (Å²) in [5, 5.41) is 0. The minimum atomic E-state index is -0.990. The van der Waals surface area contributed by atoms with Gasteiger partial charge >= 0.3 is 5.97 Å². The Morgan fingerprint density at radius 1 is 1.00 bits per heavy atom. The average Bonchev–Trinajstić information content (AvgIpc) is 3.07. The van der Waals surface area contributed by atoms with Gasteiger partial charge in [-0.3, -0.25) is 14.4 Å². The van der Waals surface area contributed by atoms with Gasteiger partial charge in [0.15, 0.2) is 17.2 Å². The Morgan fingerprint density at radius 3 is 2.18 bits per heavy atom. The van der Waals surface area contributed by atoms with Crippen molar-refractivity contribution < 1.29 is 28.6 Å². The Balaban J connectivity index is 0.000000481. The summed E-state index contributed by atoms with van der Waals surface area (Å²) < 4.78 is 15.1. The van der Waals surface area contributed by atoms with E-state index in [9.17, 15) is 14.4 Å². The van der Waals surface area contributed by atoms with Crippen molar-refractivity contribution in [3.8, 4) is 0 Å². The molecule has 2 saturated carbocycles. The van der Waals surface area contributed by atoms with Crippen molar-refractivity contribution in [2.45, 2.75) is 78.7 Å². The molecule has 190 valence electrons. The van der Waals surface area contributed by atoms with Crippen LogP contribution in [0.2, 0.25) is 0 Å². The number of ketones is 2. The molecule has 0 aromatic heterocycles. The number of allylic oxidation sites excluding steroid dienone is 4. The lowest BCUT2D eigenvalue weighted by atomic mass is 9.47. The van der Waals surface area contributed by atoms with Crippen LogP contribution < -0.4 is 0 Å². The van der Waals surface area contributed by atoms with Crippen molar-refractivity contribution in [1.82, 2.24) is 0 Å². The number of fused-ring (bicyclic) bond motifs is 5. The van der Waals surface area contributed by atoms with E-state index in [-0.39, 0.29) is 28.4 Å². The summed E-state index contributed by atoms with van der Waals surface area (Å²) in [6, 6.07) is 0. The first-order valence-corrected chi connectivity index (χ1v) is 12.6. The molecule has 0 amide bonds. The van der Waals surface area contributed by atoms with Crippen molar-refractivity contribution in [2.24, 2.45) is 28.6 Å². The Morgan fingerprint density at radius 2 is 1.62 bits per heavy atom. The second-order valence-corrected chi connectivity index (χ2v) is 11.0. The Bertz CT molecular complexity index is 883. The number of ether oxygens (including phenoxy) is 3. The van der Waals surface area contributed by atoms with Crippen molar-refractivity contribution >= 4 is 17.5 Å². The summed E-state index contributed by atoms with van der Waals surface area (Å²) >= 11 is 0. The maximum atomic E-state index is 12.8. The van der Waals surface area contributed by atoms with Gasteiger partial charge in [-0.25, -0.2) is 0 Å². The SMILES string of the molecule is CC(=O)O[C@]1(C(C)=O)CC[C@H]2[C@@H]3C=C(C)C4=CC(=O)CC[C@]4(C)[C@H]3CC[C@@]21C.COCCOC. The van der Waals surface area contributed by atoms with Gasteiger partial charge in [-0.15, -0.1) is 0 Å². The van der Waals surface area contributed by atoms with Crippen LogP contribution in [0.15, 0.2) is 23.3 Å². The molecule has 0 bridgehead atoms. The second kappa shape index (κ2) is 10.1. The van der Waals surface area contributed by atoms with Crippen LogP contribution in [0.25, 0.3) is 0 Å². The summed E-state index contributed by atoms with van der Waals surface area (Å²) in [6.07, 6.45) is 9.20. The smallest absolute Gasteiger partial charge is 0.303 e. The van der Waals surface area contributed by atoms with Crippen LogP contribution in [-0.4, -0.2) is 50.6 Å². The molecule has 0 aliphatic heterocycles. The first kappa shape index (κ1) is 26.8. The van der Waals surface area contributed by atoms with Gasteiger partial charge in [-0.2, -0.15) is 0 Å². The van der Waals surface area contributed by atoms with E-state index in [2.05, 4.69) is 36.3 Å². The molecule has 0 radical (unpaired) electrons. The quantitative estimate of drug-likeness (QED) is 0.418. The van der Waals surface area contributed by atoms with E-state index < -0.39 is 5.60 Å². The predicted molar refractivity (Wildman–Crippen MR) is 130 cm³/mol. The fourth-order valence-electron chi connectivity index (χ4n) is 7.64. The molecule has 4 rings (SSSR count). The molecule has 0 N–H and O–H groups in total. The molecular weight excluding hydrogens is 432 g/mol. The van der Waals surface area contributed by atoms with E-state index in [0.717, 1.165) is 25.7 Å². The van der Waals surface area contributed by atoms with Gasteiger partial charge in [0.2, 0.25) is 0 Å². The number of Topliss-reactive ketones (excluding diaryl/α,β-unsaturated/α-hetero) is 1. The van der Waals surface area contributed by atoms with Crippen molar-refractivity contribution in [2.75, 3.05) is 27.4 Å². The minimum Gasteiger partial charge on any atom is -0.451 e. The van der Waals surface area contributed by atoms with E-state index >= 15 is 0 Å². The van der Waals surface area contributed by atoms with Gasteiger partial charge in [0, 0.05) is 33.0 Å². The van der Waals surface area contributed by atoms with Crippen molar-refractivity contribution in [1.29, 1.82) is 0 Å². The van der Waals surface area contributed by atoms with Crippen LogP contribution >= 0.6 is 0 Å². The monoisotopic (exact) mass is 474 g/mol. The number of carbonyl (C=O) groups is 3. The molecule has 0 heterocycles. The molecule has 4 aliphatic rings. The van der Waals surface area contributed by atoms with Crippen LogP contribution in [0.5, 0.6) is 0 Å². The van der Waals surface area contributed by atoms with Crippen LogP contribution in [-0.2, 0) is 28.6 Å². The number of hydrogen-bond donors (Lipinski definition) is 0. The zero-order chi connectivity index (χ0) is 25.3. The highest BCUT2D eigenvalue weighted by atomic mass is 16.6. The summed E-state index contributed by atoms with van der Waals surface area (Å²) in [7, 11) is 3.30. The van der Waals surface area contributed by atoms with Gasteiger partial charge in [0.1, 0.15) is 0 Å². The predicted octanol–water partition coefficient (Wildman–Crippen LogP) is 4.85. The summed E-state index contributed by atoms with van der Waals surface area (Å²) in [5.41, 5.74) is 1.15. The van der Waals surface area contributed by atoms with E-state index in [0.29, 0.717) is 43.8 Å². The fourth-order valence-corrected chi connectivity index (χ4v) is 7.64. The van der Waals surface area contributed by atoms with Gasteiger partial charge in [0.25, 0.3) is 0 Å². The van der Waals surface area contributed by atoms with Crippen LogP contribution in [0.3, 0.4) is 0 Å². The van der Waals surface area contributed by atoms with Gasteiger partial charge in [-0.1, -0.05) is 25.5 Å². The lowest BCUT2D eigenvalue weighted by Gasteiger charge is -2.58. The van der Waals surface area contributed by atoms with Crippen LogP contribution in [0.4, 0.5) is 0 Å².